The highest BCUT2D eigenvalue weighted by Crippen LogP contribution is 2.51. The number of fused-ring (bicyclic) bond motifs is 1. The molecule has 2 fully saturated rings. The summed E-state index contributed by atoms with van der Waals surface area (Å²) in [6.07, 6.45) is 3.18. The Hall–Kier alpha value is -0.370. The fourth-order valence-electron chi connectivity index (χ4n) is 2.39. The second-order valence-electron chi connectivity index (χ2n) is 3.49. The molecular weight excluding hydrogens is 126 g/mol. The van der Waals surface area contributed by atoms with Crippen LogP contribution in [0.1, 0.15) is 12.8 Å². The molecule has 1 aliphatic carbocycles. The molecule has 0 spiro atoms. The topological polar surface area (TPSA) is 20.3 Å². The van der Waals surface area contributed by atoms with Crippen molar-refractivity contribution in [2.24, 2.45) is 11.8 Å². The van der Waals surface area contributed by atoms with Gasteiger partial charge in [0, 0.05) is 12.5 Å². The van der Waals surface area contributed by atoms with Gasteiger partial charge in [0.05, 0.1) is 0 Å². The molecule has 2 rings (SSSR count). The minimum atomic E-state index is 0.719. The fourth-order valence-corrected chi connectivity index (χ4v) is 2.39. The molecule has 1 saturated carbocycles. The Morgan fingerprint density at radius 1 is 1.70 bits per heavy atom. The Kier molecular flexibility index (Phi) is 1.31. The second kappa shape index (κ2) is 2.06. The number of hydrogen-bond acceptors (Lipinski definition) is 2. The van der Waals surface area contributed by atoms with Crippen LogP contribution in [0.3, 0.4) is 0 Å². The first-order valence-corrected chi connectivity index (χ1v) is 3.98. The molecule has 1 unspecified atom stereocenters. The second-order valence-corrected chi connectivity index (χ2v) is 3.49. The number of likely N-dealkylation sites (tertiary alicyclic amines) is 1. The average Bonchev–Trinajstić information content (AvgIpc) is 2.45. The molecule has 10 heavy (non-hydrogen) atoms. The zero-order chi connectivity index (χ0) is 7.14. The lowest BCUT2D eigenvalue weighted by Gasteiger charge is -2.10. The van der Waals surface area contributed by atoms with Crippen LogP contribution < -0.4 is 0 Å². The summed E-state index contributed by atoms with van der Waals surface area (Å²) in [7, 11) is 2.16. The minimum absolute atomic E-state index is 0.719. The van der Waals surface area contributed by atoms with Gasteiger partial charge in [-0.25, -0.2) is 0 Å². The van der Waals surface area contributed by atoms with Crippen LogP contribution in [0, 0.1) is 11.8 Å². The maximum atomic E-state index is 10.2. The third-order valence-electron chi connectivity index (χ3n) is 2.98. The number of piperidine rings is 1. The first kappa shape index (κ1) is 6.35. The van der Waals surface area contributed by atoms with Crippen molar-refractivity contribution < 1.29 is 4.79 Å². The van der Waals surface area contributed by atoms with Crippen molar-refractivity contribution >= 4 is 6.29 Å². The summed E-state index contributed by atoms with van der Waals surface area (Å²) in [5, 5.41) is 0. The average molecular weight is 139 g/mol. The van der Waals surface area contributed by atoms with E-state index in [2.05, 4.69) is 11.9 Å². The van der Waals surface area contributed by atoms with Crippen LogP contribution in [0.15, 0.2) is 0 Å². The summed E-state index contributed by atoms with van der Waals surface area (Å²) in [6, 6.07) is 0.769. The molecular formula is C8H13NO. The summed E-state index contributed by atoms with van der Waals surface area (Å²) in [4.78, 5) is 12.6. The third-order valence-corrected chi connectivity index (χ3v) is 2.98. The molecule has 0 radical (unpaired) electrons. The molecule has 0 bridgehead atoms. The Bertz CT molecular complexity index is 157. The van der Waals surface area contributed by atoms with Crippen LogP contribution >= 0.6 is 0 Å². The quantitative estimate of drug-likeness (QED) is 0.520. The van der Waals surface area contributed by atoms with Crippen molar-refractivity contribution in [1.29, 1.82) is 0 Å². The van der Waals surface area contributed by atoms with Gasteiger partial charge in [0.15, 0.2) is 0 Å². The van der Waals surface area contributed by atoms with E-state index in [1.165, 1.54) is 13.0 Å². The number of rotatable bonds is 2. The molecule has 3 atom stereocenters. The van der Waals surface area contributed by atoms with E-state index in [0.717, 1.165) is 30.6 Å². The lowest BCUT2D eigenvalue weighted by molar-refractivity contribution is -0.108. The molecule has 2 heteroatoms. The number of carbonyl (C=O) groups excluding carboxylic acids is 1. The van der Waals surface area contributed by atoms with Gasteiger partial charge in [-0.15, -0.1) is 0 Å². The maximum Gasteiger partial charge on any atom is 0.120 e. The molecule has 2 nitrogen and oxygen atoms in total. The van der Waals surface area contributed by atoms with E-state index in [1.54, 1.807) is 0 Å². The van der Waals surface area contributed by atoms with E-state index in [9.17, 15) is 4.79 Å². The highest BCUT2D eigenvalue weighted by molar-refractivity contribution is 5.51. The van der Waals surface area contributed by atoms with Crippen molar-refractivity contribution in [3.05, 3.63) is 0 Å². The van der Waals surface area contributed by atoms with Crippen molar-refractivity contribution in [2.45, 2.75) is 18.9 Å². The van der Waals surface area contributed by atoms with Crippen molar-refractivity contribution in [1.82, 2.24) is 4.90 Å². The molecule has 0 amide bonds. The van der Waals surface area contributed by atoms with E-state index in [-0.39, 0.29) is 0 Å². The zero-order valence-corrected chi connectivity index (χ0v) is 6.29. The Morgan fingerprint density at radius 3 is 3.00 bits per heavy atom. The van der Waals surface area contributed by atoms with Crippen LogP contribution in [-0.2, 0) is 4.79 Å². The van der Waals surface area contributed by atoms with Crippen molar-refractivity contribution in [3.8, 4) is 0 Å². The molecule has 0 aromatic heterocycles. The smallest absolute Gasteiger partial charge is 0.120 e. The first-order valence-electron chi connectivity index (χ1n) is 3.98. The first-order chi connectivity index (χ1) is 4.84. The molecule has 1 aliphatic heterocycles. The van der Waals surface area contributed by atoms with E-state index < -0.39 is 0 Å². The van der Waals surface area contributed by atoms with Gasteiger partial charge in [-0.05, 0) is 31.8 Å². The van der Waals surface area contributed by atoms with Crippen molar-refractivity contribution in [3.63, 3.8) is 0 Å². The Labute approximate surface area is 61.2 Å². The molecule has 0 aromatic rings. The molecule has 1 saturated heterocycles. The number of aldehydes is 1. The predicted octanol–water partition coefficient (Wildman–Crippen LogP) is 0.525. The molecule has 1 heterocycles. The van der Waals surface area contributed by atoms with Gasteiger partial charge in [0.1, 0.15) is 6.29 Å². The maximum absolute atomic E-state index is 10.2. The molecule has 0 N–H and O–H groups in total. The summed E-state index contributed by atoms with van der Waals surface area (Å²) in [5.74, 6) is 1.59. The number of nitrogens with zero attached hydrogens (tertiary/aromatic N) is 1. The van der Waals surface area contributed by atoms with Crippen molar-refractivity contribution in [2.75, 3.05) is 13.6 Å². The van der Waals surface area contributed by atoms with E-state index >= 15 is 0 Å². The largest absolute Gasteiger partial charge is 0.303 e. The van der Waals surface area contributed by atoms with Crippen LogP contribution in [0.5, 0.6) is 0 Å². The molecule has 0 aromatic carbocycles. The summed E-state index contributed by atoms with van der Waals surface area (Å²) in [6.45, 7) is 1.24. The predicted molar refractivity (Wildman–Crippen MR) is 38.7 cm³/mol. The SMILES string of the molecule is CN1CC[C@@H]2C(CC=O)[C@@H]21. The Morgan fingerprint density at radius 2 is 2.50 bits per heavy atom. The summed E-state index contributed by atoms with van der Waals surface area (Å²) >= 11 is 0. The number of carbonyl (C=O) groups is 1. The monoisotopic (exact) mass is 139 g/mol. The van der Waals surface area contributed by atoms with Crippen LogP contribution in [0.25, 0.3) is 0 Å². The lowest BCUT2D eigenvalue weighted by atomic mass is 10.2. The Balaban J connectivity index is 1.92. The lowest BCUT2D eigenvalue weighted by Crippen LogP contribution is -2.19. The third kappa shape index (κ3) is 0.717. The minimum Gasteiger partial charge on any atom is -0.303 e. The summed E-state index contributed by atoms with van der Waals surface area (Å²) < 4.78 is 0. The van der Waals surface area contributed by atoms with Gasteiger partial charge in [-0.2, -0.15) is 0 Å². The number of hydrogen-bond donors (Lipinski definition) is 0. The van der Waals surface area contributed by atoms with Gasteiger partial charge >= 0.3 is 0 Å². The fraction of sp³-hybridized carbons (Fsp3) is 0.875. The van der Waals surface area contributed by atoms with E-state index in [1.807, 2.05) is 0 Å². The molecule has 56 valence electrons. The zero-order valence-electron chi connectivity index (χ0n) is 6.29. The highest BCUT2D eigenvalue weighted by Gasteiger charge is 2.54. The van der Waals surface area contributed by atoms with E-state index in [0.29, 0.717) is 0 Å². The summed E-state index contributed by atoms with van der Waals surface area (Å²) in [5.41, 5.74) is 0. The van der Waals surface area contributed by atoms with Crippen LogP contribution in [0.4, 0.5) is 0 Å². The van der Waals surface area contributed by atoms with Gasteiger partial charge in [0.25, 0.3) is 0 Å². The van der Waals surface area contributed by atoms with Gasteiger partial charge < -0.3 is 9.69 Å². The van der Waals surface area contributed by atoms with Gasteiger partial charge in [0.2, 0.25) is 0 Å². The van der Waals surface area contributed by atoms with E-state index in [4.69, 9.17) is 0 Å². The van der Waals surface area contributed by atoms with Gasteiger partial charge in [-0.1, -0.05) is 0 Å². The molecule has 2 aliphatic rings. The highest BCUT2D eigenvalue weighted by atomic mass is 16.1. The van der Waals surface area contributed by atoms with Crippen LogP contribution in [-0.4, -0.2) is 30.8 Å². The standard InChI is InChI=1S/C8H13NO/c1-9-4-2-6-7(3-5-10)8(6)9/h5-8H,2-4H2,1H3/t6-,7?,8-/m1/s1. The van der Waals surface area contributed by atoms with Crippen LogP contribution in [0.2, 0.25) is 0 Å². The van der Waals surface area contributed by atoms with Gasteiger partial charge in [-0.3, -0.25) is 0 Å². The normalized spacial score (nSPS) is 45.1.